The SMILES string of the molecule is CCn1ccc(N2CN(c3ccccc3)C3(CCN(C(=O)OC(C)(C)C)CC3)C2=O)n1. The van der Waals surface area contributed by atoms with Crippen LogP contribution in [0.25, 0.3) is 0 Å². The number of carbonyl (C=O) groups is 2. The van der Waals surface area contributed by atoms with Gasteiger partial charge in [0.1, 0.15) is 17.8 Å². The minimum atomic E-state index is -0.699. The number of likely N-dealkylation sites (tertiary alicyclic amines) is 1. The predicted octanol–water partition coefficient (Wildman–Crippen LogP) is 3.48. The molecule has 1 spiro atoms. The molecule has 2 aliphatic rings. The summed E-state index contributed by atoms with van der Waals surface area (Å²) in [6.07, 6.45) is 2.67. The Bertz CT molecular complexity index is 942. The average molecular weight is 426 g/mol. The quantitative estimate of drug-likeness (QED) is 0.753. The molecule has 0 unspecified atom stereocenters. The lowest BCUT2D eigenvalue weighted by Crippen LogP contribution is -2.57. The van der Waals surface area contributed by atoms with E-state index >= 15 is 0 Å². The number of anilines is 2. The van der Waals surface area contributed by atoms with E-state index < -0.39 is 11.1 Å². The number of rotatable bonds is 3. The Balaban J connectivity index is 1.61. The van der Waals surface area contributed by atoms with Crippen LogP contribution in [0.4, 0.5) is 16.3 Å². The molecule has 8 heteroatoms. The molecule has 0 atom stereocenters. The molecule has 0 N–H and O–H groups in total. The van der Waals surface area contributed by atoms with Gasteiger partial charge in [-0.25, -0.2) is 4.79 Å². The number of aromatic nitrogens is 2. The van der Waals surface area contributed by atoms with E-state index in [1.54, 1.807) is 9.80 Å². The molecule has 0 saturated carbocycles. The minimum Gasteiger partial charge on any atom is -0.444 e. The first-order valence-electron chi connectivity index (χ1n) is 10.9. The zero-order valence-corrected chi connectivity index (χ0v) is 18.7. The molecular weight excluding hydrogens is 394 g/mol. The highest BCUT2D eigenvalue weighted by atomic mass is 16.6. The van der Waals surface area contributed by atoms with Gasteiger partial charge in [0.15, 0.2) is 5.82 Å². The highest BCUT2D eigenvalue weighted by molar-refractivity contribution is 6.05. The summed E-state index contributed by atoms with van der Waals surface area (Å²) >= 11 is 0. The van der Waals surface area contributed by atoms with Crippen molar-refractivity contribution < 1.29 is 14.3 Å². The van der Waals surface area contributed by atoms with Crippen molar-refractivity contribution in [2.75, 3.05) is 29.6 Å². The number of nitrogens with zero attached hydrogens (tertiary/aromatic N) is 5. The summed E-state index contributed by atoms with van der Waals surface area (Å²) in [5.74, 6) is 0.709. The van der Waals surface area contributed by atoms with Crippen LogP contribution in [0.5, 0.6) is 0 Å². The van der Waals surface area contributed by atoms with Crippen molar-refractivity contribution in [3.8, 4) is 0 Å². The van der Waals surface area contributed by atoms with Crippen LogP contribution in [0, 0.1) is 0 Å². The Morgan fingerprint density at radius 2 is 1.81 bits per heavy atom. The molecule has 0 radical (unpaired) electrons. The lowest BCUT2D eigenvalue weighted by molar-refractivity contribution is -0.123. The van der Waals surface area contributed by atoms with Gasteiger partial charge in [0.2, 0.25) is 0 Å². The number of amides is 2. The summed E-state index contributed by atoms with van der Waals surface area (Å²) in [4.78, 5) is 32.0. The second-order valence-corrected chi connectivity index (χ2v) is 9.17. The van der Waals surface area contributed by atoms with Crippen LogP contribution in [0.1, 0.15) is 40.5 Å². The fourth-order valence-electron chi connectivity index (χ4n) is 4.36. The van der Waals surface area contributed by atoms with Crippen LogP contribution in [0.2, 0.25) is 0 Å². The molecule has 1 aromatic carbocycles. The Labute approximate surface area is 183 Å². The molecular formula is C23H31N5O3. The van der Waals surface area contributed by atoms with Gasteiger partial charge in [-0.2, -0.15) is 5.10 Å². The second kappa shape index (κ2) is 7.90. The third-order valence-corrected chi connectivity index (χ3v) is 5.98. The molecule has 3 heterocycles. The van der Waals surface area contributed by atoms with Crippen molar-refractivity contribution in [3.05, 3.63) is 42.6 Å². The summed E-state index contributed by atoms with van der Waals surface area (Å²) < 4.78 is 7.36. The molecule has 166 valence electrons. The molecule has 2 fully saturated rings. The number of ether oxygens (including phenoxy) is 1. The van der Waals surface area contributed by atoms with Crippen molar-refractivity contribution >= 4 is 23.5 Å². The topological polar surface area (TPSA) is 70.9 Å². The monoisotopic (exact) mass is 425 g/mol. The highest BCUT2D eigenvalue weighted by Gasteiger charge is 2.55. The maximum Gasteiger partial charge on any atom is 0.410 e. The number of carbonyl (C=O) groups excluding carboxylic acids is 2. The Morgan fingerprint density at radius 3 is 2.39 bits per heavy atom. The zero-order valence-electron chi connectivity index (χ0n) is 18.7. The van der Waals surface area contributed by atoms with E-state index in [2.05, 4.69) is 10.00 Å². The van der Waals surface area contributed by atoms with Gasteiger partial charge in [-0.1, -0.05) is 18.2 Å². The molecule has 1 aromatic heterocycles. The van der Waals surface area contributed by atoms with Crippen molar-refractivity contribution in [3.63, 3.8) is 0 Å². The number of hydrogen-bond donors (Lipinski definition) is 0. The van der Waals surface area contributed by atoms with Crippen LogP contribution in [0.3, 0.4) is 0 Å². The van der Waals surface area contributed by atoms with Gasteiger partial charge >= 0.3 is 6.09 Å². The molecule has 8 nitrogen and oxygen atoms in total. The van der Waals surface area contributed by atoms with E-state index in [1.807, 2.05) is 75.0 Å². The summed E-state index contributed by atoms with van der Waals surface area (Å²) in [5.41, 5.74) is -0.241. The van der Waals surface area contributed by atoms with Crippen molar-refractivity contribution in [1.29, 1.82) is 0 Å². The Kier molecular flexibility index (Phi) is 5.41. The van der Waals surface area contributed by atoms with E-state index in [4.69, 9.17) is 4.74 Å². The van der Waals surface area contributed by atoms with Crippen molar-refractivity contribution in [1.82, 2.24) is 14.7 Å². The first-order chi connectivity index (χ1) is 14.7. The third kappa shape index (κ3) is 3.98. The number of para-hydroxylation sites is 1. The average Bonchev–Trinajstić information content (AvgIpc) is 3.32. The van der Waals surface area contributed by atoms with Crippen LogP contribution in [-0.4, -0.2) is 57.6 Å². The third-order valence-electron chi connectivity index (χ3n) is 5.98. The standard InChI is InChI=1S/C23H31N5O3/c1-5-26-14-11-19(24-26)27-17-28(18-9-7-6-8-10-18)23(20(27)29)12-15-25(16-13-23)21(30)31-22(2,3)4/h6-11,14H,5,12-13,15-17H2,1-4H3. The number of aryl methyl sites for hydroxylation is 1. The van der Waals surface area contributed by atoms with E-state index in [0.29, 0.717) is 38.4 Å². The molecule has 2 saturated heterocycles. The normalized spacial score (nSPS) is 18.7. The fourth-order valence-corrected chi connectivity index (χ4v) is 4.36. The second-order valence-electron chi connectivity index (χ2n) is 9.17. The number of piperidine rings is 1. The van der Waals surface area contributed by atoms with Gasteiger partial charge in [-0.05, 0) is 52.7 Å². The van der Waals surface area contributed by atoms with Gasteiger partial charge in [0, 0.05) is 37.6 Å². The van der Waals surface area contributed by atoms with Crippen LogP contribution in [-0.2, 0) is 16.1 Å². The van der Waals surface area contributed by atoms with Gasteiger partial charge in [-0.3, -0.25) is 14.4 Å². The summed E-state index contributed by atoms with van der Waals surface area (Å²) in [7, 11) is 0. The van der Waals surface area contributed by atoms with Gasteiger partial charge in [0.25, 0.3) is 5.91 Å². The molecule has 2 aromatic rings. The highest BCUT2D eigenvalue weighted by Crippen LogP contribution is 2.41. The fraction of sp³-hybridized carbons (Fsp3) is 0.522. The first-order valence-corrected chi connectivity index (χ1v) is 10.9. The summed E-state index contributed by atoms with van der Waals surface area (Å²) in [5, 5.41) is 4.56. The van der Waals surface area contributed by atoms with E-state index in [9.17, 15) is 9.59 Å². The van der Waals surface area contributed by atoms with Gasteiger partial charge in [0.05, 0.1) is 0 Å². The first kappa shape index (κ1) is 21.2. The zero-order chi connectivity index (χ0) is 22.2. The van der Waals surface area contributed by atoms with Crippen molar-refractivity contribution in [2.24, 2.45) is 0 Å². The lowest BCUT2D eigenvalue weighted by Gasteiger charge is -2.43. The Hall–Kier alpha value is -3.03. The number of benzene rings is 1. The van der Waals surface area contributed by atoms with Crippen LogP contribution in [0.15, 0.2) is 42.6 Å². The molecule has 4 rings (SSSR count). The lowest BCUT2D eigenvalue weighted by atomic mass is 9.85. The van der Waals surface area contributed by atoms with E-state index in [1.165, 1.54) is 0 Å². The minimum absolute atomic E-state index is 0.0431. The maximum atomic E-state index is 13.8. The molecule has 31 heavy (non-hydrogen) atoms. The molecule has 0 aliphatic carbocycles. The summed E-state index contributed by atoms with van der Waals surface area (Å²) in [6, 6.07) is 11.9. The molecule has 0 bridgehead atoms. The smallest absolute Gasteiger partial charge is 0.410 e. The van der Waals surface area contributed by atoms with Crippen LogP contribution < -0.4 is 9.80 Å². The van der Waals surface area contributed by atoms with Crippen LogP contribution >= 0.6 is 0 Å². The maximum absolute atomic E-state index is 13.8. The van der Waals surface area contributed by atoms with Crippen molar-refractivity contribution in [2.45, 2.75) is 58.2 Å². The Morgan fingerprint density at radius 1 is 1.13 bits per heavy atom. The van der Waals surface area contributed by atoms with Gasteiger partial charge < -0.3 is 14.5 Å². The van der Waals surface area contributed by atoms with Gasteiger partial charge in [-0.15, -0.1) is 0 Å². The van der Waals surface area contributed by atoms with E-state index in [-0.39, 0.29) is 12.0 Å². The predicted molar refractivity (Wildman–Crippen MR) is 119 cm³/mol. The molecule has 2 aliphatic heterocycles. The largest absolute Gasteiger partial charge is 0.444 e. The number of hydrogen-bond acceptors (Lipinski definition) is 5. The molecule has 2 amide bonds. The van der Waals surface area contributed by atoms with E-state index in [0.717, 1.165) is 12.2 Å². The summed E-state index contributed by atoms with van der Waals surface area (Å²) in [6.45, 7) is 9.75.